The number of rotatable bonds is 9. The highest BCUT2D eigenvalue weighted by molar-refractivity contribution is 7.12. The summed E-state index contributed by atoms with van der Waals surface area (Å²) in [7, 11) is 0. The largest absolute Gasteiger partial charge is 0.303 e. The molecule has 1 aliphatic rings. The molecule has 2 aromatic heterocycles. The van der Waals surface area contributed by atoms with E-state index in [9.17, 15) is 4.39 Å². The third-order valence-electron chi connectivity index (χ3n) is 6.02. The van der Waals surface area contributed by atoms with Crippen LogP contribution in [0.1, 0.15) is 31.0 Å². The number of hydrogen-bond donors (Lipinski definition) is 0. The predicted molar refractivity (Wildman–Crippen MR) is 122 cm³/mol. The van der Waals surface area contributed by atoms with E-state index in [1.54, 1.807) is 17.4 Å². The van der Waals surface area contributed by atoms with Crippen LogP contribution in [0.25, 0.3) is 5.13 Å². The van der Waals surface area contributed by atoms with Crippen LogP contribution >= 0.6 is 11.3 Å². The van der Waals surface area contributed by atoms with E-state index < -0.39 is 0 Å². The van der Waals surface area contributed by atoms with Gasteiger partial charge < -0.3 is 4.90 Å². The Hall–Kier alpha value is -2.02. The first-order valence-corrected chi connectivity index (χ1v) is 11.8. The van der Waals surface area contributed by atoms with Crippen LogP contribution < -0.4 is 0 Å². The van der Waals surface area contributed by atoms with Crippen molar-refractivity contribution in [2.24, 2.45) is 5.92 Å². The van der Waals surface area contributed by atoms with Crippen LogP contribution in [-0.4, -0.2) is 52.1 Å². The van der Waals surface area contributed by atoms with Crippen LogP contribution in [0.5, 0.6) is 0 Å². The number of nitrogens with zero attached hydrogens (tertiary/aromatic N) is 4. The molecule has 4 rings (SSSR count). The van der Waals surface area contributed by atoms with Crippen molar-refractivity contribution >= 4 is 11.3 Å². The molecule has 1 saturated heterocycles. The number of piperidine rings is 1. The van der Waals surface area contributed by atoms with Crippen LogP contribution in [0.3, 0.4) is 0 Å². The standard InChI is InChI=1S/C24H31FN4S/c1-2-27(19-23-9-5-13-29(23)24-26-11-15-30-24)17-21-7-4-12-28(18-21)14-10-20-6-3-8-22(25)16-20/h3,5-6,8-9,11,13,15-16,21H,2,4,7,10,12,14,17-19H2,1H3. The summed E-state index contributed by atoms with van der Waals surface area (Å²) in [6, 6.07) is 11.3. The second kappa shape index (κ2) is 10.3. The molecule has 1 atom stereocenters. The van der Waals surface area contributed by atoms with E-state index in [0.29, 0.717) is 5.92 Å². The zero-order valence-corrected chi connectivity index (χ0v) is 18.5. The van der Waals surface area contributed by atoms with E-state index in [2.05, 4.69) is 44.6 Å². The van der Waals surface area contributed by atoms with E-state index >= 15 is 0 Å². The summed E-state index contributed by atoms with van der Waals surface area (Å²) >= 11 is 1.67. The summed E-state index contributed by atoms with van der Waals surface area (Å²) in [5.41, 5.74) is 2.39. The van der Waals surface area contributed by atoms with Gasteiger partial charge >= 0.3 is 0 Å². The first-order chi connectivity index (χ1) is 14.7. The van der Waals surface area contributed by atoms with Gasteiger partial charge in [-0.15, -0.1) is 11.3 Å². The number of halogens is 1. The Balaban J connectivity index is 1.31. The normalized spacial score (nSPS) is 17.6. The molecule has 1 fully saturated rings. The van der Waals surface area contributed by atoms with Crippen molar-refractivity contribution in [2.45, 2.75) is 32.7 Å². The fourth-order valence-corrected chi connectivity index (χ4v) is 5.11. The van der Waals surface area contributed by atoms with Gasteiger partial charge in [0.05, 0.1) is 0 Å². The summed E-state index contributed by atoms with van der Waals surface area (Å²) in [4.78, 5) is 9.58. The molecule has 30 heavy (non-hydrogen) atoms. The molecule has 3 heterocycles. The maximum atomic E-state index is 13.4. The Morgan fingerprint density at radius 1 is 1.27 bits per heavy atom. The lowest BCUT2D eigenvalue weighted by molar-refractivity contribution is 0.132. The maximum absolute atomic E-state index is 13.4. The van der Waals surface area contributed by atoms with Crippen LogP contribution in [0.2, 0.25) is 0 Å². The minimum atomic E-state index is -0.134. The molecule has 160 valence electrons. The van der Waals surface area contributed by atoms with Crippen molar-refractivity contribution in [2.75, 3.05) is 32.7 Å². The fraction of sp³-hybridized carbons (Fsp3) is 0.458. The summed E-state index contributed by atoms with van der Waals surface area (Å²) in [6.07, 6.45) is 7.43. The molecule has 0 N–H and O–H groups in total. The van der Waals surface area contributed by atoms with Crippen molar-refractivity contribution in [1.82, 2.24) is 19.4 Å². The summed E-state index contributed by atoms with van der Waals surface area (Å²) in [5, 5.41) is 3.06. The molecule has 0 radical (unpaired) electrons. The van der Waals surface area contributed by atoms with E-state index in [1.165, 1.54) is 24.6 Å². The molecule has 0 amide bonds. The van der Waals surface area contributed by atoms with Crippen molar-refractivity contribution in [3.8, 4) is 5.13 Å². The number of likely N-dealkylation sites (tertiary alicyclic amines) is 1. The highest BCUT2D eigenvalue weighted by Gasteiger charge is 2.22. The highest BCUT2D eigenvalue weighted by Crippen LogP contribution is 2.21. The van der Waals surface area contributed by atoms with Crippen molar-refractivity contribution in [3.63, 3.8) is 0 Å². The smallest absolute Gasteiger partial charge is 0.193 e. The molecular formula is C24H31FN4S. The average molecular weight is 427 g/mol. The van der Waals surface area contributed by atoms with Gasteiger partial charge in [-0.3, -0.25) is 9.47 Å². The fourth-order valence-electron chi connectivity index (χ4n) is 4.45. The van der Waals surface area contributed by atoms with Crippen LogP contribution in [0.4, 0.5) is 4.39 Å². The lowest BCUT2D eigenvalue weighted by atomic mass is 9.96. The maximum Gasteiger partial charge on any atom is 0.193 e. The first kappa shape index (κ1) is 21.2. The molecule has 0 aliphatic carbocycles. The Morgan fingerprint density at radius 2 is 2.20 bits per heavy atom. The number of hydrogen-bond acceptors (Lipinski definition) is 4. The van der Waals surface area contributed by atoms with Gasteiger partial charge in [0.1, 0.15) is 5.82 Å². The molecule has 6 heteroatoms. The van der Waals surface area contributed by atoms with E-state index in [-0.39, 0.29) is 5.82 Å². The van der Waals surface area contributed by atoms with Crippen LogP contribution in [0.15, 0.2) is 54.2 Å². The zero-order valence-electron chi connectivity index (χ0n) is 17.7. The second-order valence-corrected chi connectivity index (χ2v) is 9.07. The van der Waals surface area contributed by atoms with Crippen molar-refractivity contribution < 1.29 is 4.39 Å². The Labute approximate surface area is 183 Å². The molecule has 1 aliphatic heterocycles. The summed E-state index contributed by atoms with van der Waals surface area (Å²) in [6.45, 7) is 8.67. The van der Waals surface area contributed by atoms with E-state index in [1.807, 2.05) is 23.7 Å². The monoisotopic (exact) mass is 426 g/mol. The van der Waals surface area contributed by atoms with Gasteiger partial charge in [0.15, 0.2) is 5.13 Å². The molecule has 4 nitrogen and oxygen atoms in total. The van der Waals surface area contributed by atoms with E-state index in [0.717, 1.165) is 56.4 Å². The van der Waals surface area contributed by atoms with Gasteiger partial charge in [0.25, 0.3) is 0 Å². The summed E-state index contributed by atoms with van der Waals surface area (Å²) < 4.78 is 15.6. The third-order valence-corrected chi connectivity index (χ3v) is 6.79. The van der Waals surface area contributed by atoms with Crippen LogP contribution in [-0.2, 0) is 13.0 Å². The Kier molecular flexibility index (Phi) is 7.31. The average Bonchev–Trinajstić information content (AvgIpc) is 3.44. The molecule has 0 bridgehead atoms. The van der Waals surface area contributed by atoms with Gasteiger partial charge in [-0.25, -0.2) is 9.37 Å². The Morgan fingerprint density at radius 3 is 3.00 bits per heavy atom. The topological polar surface area (TPSA) is 24.3 Å². The van der Waals surface area contributed by atoms with Crippen molar-refractivity contribution in [3.05, 3.63) is 71.2 Å². The number of benzene rings is 1. The van der Waals surface area contributed by atoms with Gasteiger partial charge in [-0.1, -0.05) is 19.1 Å². The lowest BCUT2D eigenvalue weighted by Crippen LogP contribution is -2.41. The molecule has 3 aromatic rings. The van der Waals surface area contributed by atoms with Gasteiger partial charge in [-0.2, -0.15) is 0 Å². The molecule has 0 spiro atoms. The summed E-state index contributed by atoms with van der Waals surface area (Å²) in [5.74, 6) is 0.555. The Bertz CT molecular complexity index is 908. The lowest BCUT2D eigenvalue weighted by Gasteiger charge is -2.35. The second-order valence-electron chi connectivity index (χ2n) is 8.20. The minimum absolute atomic E-state index is 0.134. The highest BCUT2D eigenvalue weighted by atomic mass is 32.1. The SMILES string of the molecule is CCN(Cc1cccn1-c1nccs1)CC1CCCN(CCc2cccc(F)c2)C1. The quantitative estimate of drug-likeness (QED) is 0.489. The zero-order chi connectivity index (χ0) is 20.8. The molecule has 1 unspecified atom stereocenters. The van der Waals surface area contributed by atoms with Gasteiger partial charge in [-0.05, 0) is 68.1 Å². The molecule has 0 saturated carbocycles. The third kappa shape index (κ3) is 5.56. The molecule has 1 aromatic carbocycles. The van der Waals surface area contributed by atoms with Gasteiger partial charge in [0.2, 0.25) is 0 Å². The minimum Gasteiger partial charge on any atom is -0.303 e. The predicted octanol–water partition coefficient (Wildman–Crippen LogP) is 4.85. The molecular weight excluding hydrogens is 395 g/mol. The van der Waals surface area contributed by atoms with E-state index in [4.69, 9.17) is 0 Å². The van der Waals surface area contributed by atoms with Crippen molar-refractivity contribution in [1.29, 1.82) is 0 Å². The van der Waals surface area contributed by atoms with Crippen LogP contribution in [0, 0.1) is 11.7 Å². The number of aromatic nitrogens is 2. The number of thiazole rings is 1. The first-order valence-electron chi connectivity index (χ1n) is 11.0. The van der Waals surface area contributed by atoms with Gasteiger partial charge in [0, 0.05) is 49.6 Å².